The number of benzene rings is 1. The molecule has 2 aromatic heterocycles. The Kier molecular flexibility index (Phi) is 4.76. The number of aromatic nitrogens is 3. The summed E-state index contributed by atoms with van der Waals surface area (Å²) in [5.74, 6) is 0.138. The fraction of sp³-hybridized carbons (Fsp3) is 0.111. The number of aryl methyl sites for hydroxylation is 1. The summed E-state index contributed by atoms with van der Waals surface area (Å²) in [7, 11) is 0. The summed E-state index contributed by atoms with van der Waals surface area (Å²) in [5, 5.41) is 5.93. The number of nitrogens with zero attached hydrogens (tertiary/aromatic N) is 3. The van der Waals surface area contributed by atoms with E-state index in [1.807, 2.05) is 43.3 Å². The summed E-state index contributed by atoms with van der Waals surface area (Å²) in [4.78, 5) is 24.6. The summed E-state index contributed by atoms with van der Waals surface area (Å²) >= 11 is 0. The van der Waals surface area contributed by atoms with Crippen molar-refractivity contribution in [1.29, 1.82) is 0 Å². The van der Waals surface area contributed by atoms with E-state index in [-0.39, 0.29) is 5.91 Å². The third-order valence-corrected chi connectivity index (χ3v) is 3.36. The van der Waals surface area contributed by atoms with Gasteiger partial charge in [-0.2, -0.15) is 0 Å². The zero-order valence-electron chi connectivity index (χ0n) is 13.2. The predicted molar refractivity (Wildman–Crippen MR) is 91.9 cm³/mol. The van der Waals surface area contributed by atoms with Crippen molar-refractivity contribution in [3.8, 4) is 0 Å². The maximum atomic E-state index is 12.2. The number of hydrogen-bond acceptors (Lipinski definition) is 5. The largest absolute Gasteiger partial charge is 0.347 e. The molecule has 1 aromatic carbocycles. The molecule has 3 rings (SSSR count). The Morgan fingerprint density at radius 3 is 2.71 bits per heavy atom. The smallest absolute Gasteiger partial charge is 0.270 e. The van der Waals surface area contributed by atoms with E-state index >= 15 is 0 Å². The number of hydrogen-bond donors (Lipinski definition) is 2. The molecule has 0 unspecified atom stereocenters. The molecule has 0 bridgehead atoms. The molecule has 0 fully saturated rings. The van der Waals surface area contributed by atoms with Crippen molar-refractivity contribution in [2.24, 2.45) is 0 Å². The van der Waals surface area contributed by atoms with Gasteiger partial charge < -0.3 is 10.6 Å². The Bertz CT molecular complexity index is 836. The fourth-order valence-electron chi connectivity index (χ4n) is 2.17. The Hall–Kier alpha value is -3.28. The van der Waals surface area contributed by atoms with Gasteiger partial charge in [0.25, 0.3) is 5.91 Å². The second-order valence-corrected chi connectivity index (χ2v) is 5.30. The summed E-state index contributed by atoms with van der Waals surface area (Å²) in [6.07, 6.45) is 4.94. The lowest BCUT2D eigenvalue weighted by molar-refractivity contribution is 0.0946. The van der Waals surface area contributed by atoms with Gasteiger partial charge in [0.1, 0.15) is 5.69 Å². The molecule has 0 aliphatic heterocycles. The first-order chi connectivity index (χ1) is 11.7. The topological polar surface area (TPSA) is 79.8 Å². The molecule has 0 saturated heterocycles. The third-order valence-electron chi connectivity index (χ3n) is 3.36. The number of nitrogens with one attached hydrogen (secondary N) is 2. The van der Waals surface area contributed by atoms with E-state index in [2.05, 4.69) is 25.6 Å². The fourth-order valence-corrected chi connectivity index (χ4v) is 2.17. The van der Waals surface area contributed by atoms with E-state index in [1.54, 1.807) is 24.7 Å². The van der Waals surface area contributed by atoms with Crippen LogP contribution in [-0.4, -0.2) is 20.9 Å². The molecule has 0 saturated carbocycles. The Morgan fingerprint density at radius 2 is 1.92 bits per heavy atom. The molecule has 0 spiro atoms. The number of carbonyl (C=O) groups is 1. The van der Waals surface area contributed by atoms with Crippen molar-refractivity contribution < 1.29 is 4.79 Å². The van der Waals surface area contributed by atoms with Crippen LogP contribution in [0.3, 0.4) is 0 Å². The van der Waals surface area contributed by atoms with Gasteiger partial charge >= 0.3 is 0 Å². The van der Waals surface area contributed by atoms with Crippen LogP contribution in [0, 0.1) is 6.92 Å². The third kappa shape index (κ3) is 4.13. The minimum absolute atomic E-state index is 0.249. The van der Waals surface area contributed by atoms with Crippen LogP contribution in [0.15, 0.2) is 61.1 Å². The van der Waals surface area contributed by atoms with Gasteiger partial charge in [-0.1, -0.05) is 12.1 Å². The maximum absolute atomic E-state index is 12.2. The number of carbonyl (C=O) groups excluding carboxylic acids is 1. The van der Waals surface area contributed by atoms with Crippen LogP contribution in [0.5, 0.6) is 0 Å². The zero-order valence-corrected chi connectivity index (χ0v) is 13.2. The molecule has 120 valence electrons. The second-order valence-electron chi connectivity index (χ2n) is 5.30. The quantitative estimate of drug-likeness (QED) is 0.756. The van der Waals surface area contributed by atoms with Gasteiger partial charge in [-0.25, -0.2) is 9.97 Å². The van der Waals surface area contributed by atoms with Gasteiger partial charge in [0.05, 0.1) is 0 Å². The molecule has 6 heteroatoms. The highest BCUT2D eigenvalue weighted by atomic mass is 16.1. The normalized spacial score (nSPS) is 10.2. The van der Waals surface area contributed by atoms with E-state index in [9.17, 15) is 4.79 Å². The lowest BCUT2D eigenvalue weighted by atomic mass is 10.2. The van der Waals surface area contributed by atoms with Crippen molar-refractivity contribution >= 4 is 17.5 Å². The number of pyridine rings is 1. The van der Waals surface area contributed by atoms with Crippen LogP contribution < -0.4 is 10.6 Å². The van der Waals surface area contributed by atoms with Crippen LogP contribution in [0.1, 0.15) is 21.6 Å². The van der Waals surface area contributed by atoms with Crippen LogP contribution >= 0.6 is 0 Å². The highest BCUT2D eigenvalue weighted by molar-refractivity contribution is 5.92. The van der Waals surface area contributed by atoms with Gasteiger partial charge in [-0.05, 0) is 48.4 Å². The Balaban J connectivity index is 1.67. The van der Waals surface area contributed by atoms with Crippen LogP contribution in [0.4, 0.5) is 11.6 Å². The standard InChI is InChI=1S/C18H17N5O/c1-13-3-2-4-15(11-13)22-18-20-10-7-16(23-18)17(24)21-12-14-5-8-19-9-6-14/h2-11H,12H2,1H3,(H,21,24)(H,20,22,23). The molecule has 24 heavy (non-hydrogen) atoms. The summed E-state index contributed by atoms with van der Waals surface area (Å²) in [5.41, 5.74) is 3.30. The lowest BCUT2D eigenvalue weighted by Gasteiger charge is -2.08. The maximum Gasteiger partial charge on any atom is 0.270 e. The van der Waals surface area contributed by atoms with E-state index in [4.69, 9.17) is 0 Å². The highest BCUT2D eigenvalue weighted by Crippen LogP contribution is 2.14. The minimum atomic E-state index is -0.249. The molecular formula is C18H17N5O. The van der Waals surface area contributed by atoms with E-state index in [0.29, 0.717) is 18.2 Å². The minimum Gasteiger partial charge on any atom is -0.347 e. The molecule has 0 radical (unpaired) electrons. The number of amides is 1. The average molecular weight is 319 g/mol. The monoisotopic (exact) mass is 319 g/mol. The first-order valence-corrected chi connectivity index (χ1v) is 7.54. The van der Waals surface area contributed by atoms with Crippen molar-refractivity contribution in [3.05, 3.63) is 77.9 Å². The van der Waals surface area contributed by atoms with E-state index < -0.39 is 0 Å². The molecule has 1 amide bonds. The number of rotatable bonds is 5. The number of anilines is 2. The molecular weight excluding hydrogens is 302 g/mol. The SMILES string of the molecule is Cc1cccc(Nc2nccc(C(=O)NCc3ccncc3)n2)c1. The van der Waals surface area contributed by atoms with Gasteiger partial charge in [-0.3, -0.25) is 9.78 Å². The van der Waals surface area contributed by atoms with Crippen molar-refractivity contribution in [2.75, 3.05) is 5.32 Å². The van der Waals surface area contributed by atoms with Crippen molar-refractivity contribution in [3.63, 3.8) is 0 Å². The average Bonchev–Trinajstić information content (AvgIpc) is 2.61. The van der Waals surface area contributed by atoms with Crippen LogP contribution in [0.25, 0.3) is 0 Å². The summed E-state index contributed by atoms with van der Waals surface area (Å²) in [6, 6.07) is 13.2. The predicted octanol–water partition coefficient (Wildman–Crippen LogP) is 2.85. The van der Waals surface area contributed by atoms with Gasteiger partial charge in [-0.15, -0.1) is 0 Å². The second kappa shape index (κ2) is 7.32. The lowest BCUT2D eigenvalue weighted by Crippen LogP contribution is -2.24. The Morgan fingerprint density at radius 1 is 1.08 bits per heavy atom. The molecule has 0 atom stereocenters. The molecule has 3 aromatic rings. The van der Waals surface area contributed by atoms with Gasteiger partial charge in [0.15, 0.2) is 0 Å². The highest BCUT2D eigenvalue weighted by Gasteiger charge is 2.09. The summed E-state index contributed by atoms with van der Waals surface area (Å²) in [6.45, 7) is 2.43. The summed E-state index contributed by atoms with van der Waals surface area (Å²) < 4.78 is 0. The molecule has 2 heterocycles. The molecule has 0 aliphatic rings. The van der Waals surface area contributed by atoms with Gasteiger partial charge in [0.2, 0.25) is 5.95 Å². The first-order valence-electron chi connectivity index (χ1n) is 7.54. The van der Waals surface area contributed by atoms with E-state index in [0.717, 1.165) is 16.8 Å². The van der Waals surface area contributed by atoms with Crippen molar-refractivity contribution in [1.82, 2.24) is 20.3 Å². The van der Waals surface area contributed by atoms with Crippen molar-refractivity contribution in [2.45, 2.75) is 13.5 Å². The van der Waals surface area contributed by atoms with E-state index in [1.165, 1.54) is 0 Å². The first kappa shape index (κ1) is 15.6. The molecule has 6 nitrogen and oxygen atoms in total. The molecule has 0 aliphatic carbocycles. The van der Waals surface area contributed by atoms with Crippen LogP contribution in [-0.2, 0) is 6.54 Å². The zero-order chi connectivity index (χ0) is 16.8. The Labute approximate surface area is 140 Å². The van der Waals surface area contributed by atoms with Gasteiger partial charge in [0, 0.05) is 30.8 Å². The molecule has 2 N–H and O–H groups in total. The van der Waals surface area contributed by atoms with Crippen LogP contribution in [0.2, 0.25) is 0 Å².